The molecule has 0 aliphatic carbocycles. The van der Waals surface area contributed by atoms with Gasteiger partial charge in [-0.25, -0.2) is 8.78 Å². The fourth-order valence-corrected chi connectivity index (χ4v) is 1.08. The van der Waals surface area contributed by atoms with Gasteiger partial charge in [0.25, 0.3) is 0 Å². The Kier molecular flexibility index (Phi) is 3.38. The number of rotatable bonds is 3. The summed E-state index contributed by atoms with van der Waals surface area (Å²) in [7, 11) is 1.24. The summed E-state index contributed by atoms with van der Waals surface area (Å²) in [6, 6.07) is 0.908. The highest BCUT2D eigenvalue weighted by Crippen LogP contribution is 2.24. The third kappa shape index (κ3) is 2.00. The van der Waals surface area contributed by atoms with Crippen LogP contribution in [-0.4, -0.2) is 18.8 Å². The Morgan fingerprint density at radius 3 is 2.57 bits per heavy atom. The molecule has 0 bridgehead atoms. The molecule has 3 nitrogen and oxygen atoms in total. The normalized spacial score (nSPS) is 12.6. The molecule has 0 aliphatic rings. The number of ether oxygens (including phenoxy) is 1. The van der Waals surface area contributed by atoms with Gasteiger partial charge in [0.2, 0.25) is 0 Å². The first-order valence-corrected chi connectivity index (χ1v) is 3.99. The molecule has 0 unspecified atom stereocenters. The zero-order valence-corrected chi connectivity index (χ0v) is 7.63. The van der Waals surface area contributed by atoms with Crippen LogP contribution in [0.15, 0.2) is 12.1 Å². The van der Waals surface area contributed by atoms with E-state index in [1.54, 1.807) is 0 Å². The van der Waals surface area contributed by atoms with Crippen LogP contribution >= 0.6 is 0 Å². The predicted molar refractivity (Wildman–Crippen MR) is 46.9 cm³/mol. The zero-order chi connectivity index (χ0) is 10.7. The number of aliphatic hydroxyl groups excluding tert-OH is 1. The van der Waals surface area contributed by atoms with Crippen molar-refractivity contribution in [2.45, 2.75) is 6.04 Å². The monoisotopic (exact) mass is 203 g/mol. The summed E-state index contributed by atoms with van der Waals surface area (Å²) in [4.78, 5) is 0. The number of halogens is 2. The average molecular weight is 203 g/mol. The molecule has 5 heteroatoms. The van der Waals surface area contributed by atoms with Gasteiger partial charge in [-0.3, -0.25) is 0 Å². The molecule has 78 valence electrons. The Hall–Kier alpha value is -1.20. The third-order valence-corrected chi connectivity index (χ3v) is 1.87. The van der Waals surface area contributed by atoms with Crippen LogP contribution in [-0.2, 0) is 0 Å². The number of hydrogen-bond acceptors (Lipinski definition) is 3. The minimum absolute atomic E-state index is 0.0641. The Balaban J connectivity index is 3.14. The van der Waals surface area contributed by atoms with Crippen molar-refractivity contribution in [1.29, 1.82) is 0 Å². The van der Waals surface area contributed by atoms with E-state index >= 15 is 0 Å². The number of nitrogens with two attached hydrogens (primary N) is 1. The van der Waals surface area contributed by atoms with Gasteiger partial charge in [0.1, 0.15) is 5.82 Å². The number of hydrogen-bond donors (Lipinski definition) is 2. The van der Waals surface area contributed by atoms with E-state index in [0.29, 0.717) is 0 Å². The summed E-state index contributed by atoms with van der Waals surface area (Å²) in [6.07, 6.45) is 0. The standard InChI is InChI=1S/C9H11F2NO2/c1-14-9-3-6(10)5(2-7(9)11)8(12)4-13/h2-3,8,13H,4,12H2,1H3/t8-/m0/s1. The van der Waals surface area contributed by atoms with Gasteiger partial charge in [-0.05, 0) is 6.07 Å². The minimum Gasteiger partial charge on any atom is -0.494 e. The highest BCUT2D eigenvalue weighted by molar-refractivity contribution is 5.32. The van der Waals surface area contributed by atoms with Crippen molar-refractivity contribution in [3.05, 3.63) is 29.3 Å². The van der Waals surface area contributed by atoms with Crippen molar-refractivity contribution in [1.82, 2.24) is 0 Å². The Bertz CT molecular complexity index is 331. The minimum atomic E-state index is -0.921. The van der Waals surface area contributed by atoms with E-state index in [0.717, 1.165) is 12.1 Å². The first-order chi connectivity index (χ1) is 6.60. The number of aliphatic hydroxyl groups is 1. The van der Waals surface area contributed by atoms with E-state index < -0.39 is 24.3 Å². The van der Waals surface area contributed by atoms with E-state index in [9.17, 15) is 8.78 Å². The third-order valence-electron chi connectivity index (χ3n) is 1.87. The lowest BCUT2D eigenvalue weighted by Gasteiger charge is -2.11. The summed E-state index contributed by atoms with van der Waals surface area (Å²) in [5.41, 5.74) is 5.29. The average Bonchev–Trinajstić information content (AvgIpc) is 2.19. The lowest BCUT2D eigenvalue weighted by molar-refractivity contribution is 0.264. The van der Waals surface area contributed by atoms with Gasteiger partial charge < -0.3 is 15.6 Å². The molecule has 14 heavy (non-hydrogen) atoms. The molecule has 0 saturated heterocycles. The van der Waals surface area contributed by atoms with Crippen LogP contribution in [0.5, 0.6) is 5.75 Å². The molecule has 1 aromatic carbocycles. The van der Waals surface area contributed by atoms with Gasteiger partial charge in [-0.15, -0.1) is 0 Å². The van der Waals surface area contributed by atoms with Gasteiger partial charge in [-0.2, -0.15) is 0 Å². The molecule has 0 aromatic heterocycles. The van der Waals surface area contributed by atoms with E-state index in [1.807, 2.05) is 0 Å². The molecule has 3 N–H and O–H groups in total. The number of methoxy groups -OCH3 is 1. The molecule has 0 fully saturated rings. The lowest BCUT2D eigenvalue weighted by atomic mass is 10.1. The summed E-state index contributed by atoms with van der Waals surface area (Å²) in [5.74, 6) is -1.58. The summed E-state index contributed by atoms with van der Waals surface area (Å²) < 4.78 is 30.9. The van der Waals surface area contributed by atoms with Crippen LogP contribution in [0.2, 0.25) is 0 Å². The Labute approximate surface area is 80.1 Å². The van der Waals surface area contributed by atoms with Crippen molar-refractivity contribution in [2.24, 2.45) is 5.73 Å². The largest absolute Gasteiger partial charge is 0.494 e. The van der Waals surface area contributed by atoms with Crippen molar-refractivity contribution >= 4 is 0 Å². The van der Waals surface area contributed by atoms with Crippen LogP contribution in [0.4, 0.5) is 8.78 Å². The topological polar surface area (TPSA) is 55.5 Å². The molecular formula is C9H11F2NO2. The second-order valence-electron chi connectivity index (χ2n) is 2.80. The maximum Gasteiger partial charge on any atom is 0.165 e. The maximum absolute atomic E-state index is 13.2. The maximum atomic E-state index is 13.2. The highest BCUT2D eigenvalue weighted by Gasteiger charge is 2.15. The van der Waals surface area contributed by atoms with E-state index in [-0.39, 0.29) is 11.3 Å². The van der Waals surface area contributed by atoms with Gasteiger partial charge >= 0.3 is 0 Å². The first kappa shape index (κ1) is 10.9. The molecule has 1 atom stereocenters. The van der Waals surface area contributed by atoms with Gasteiger partial charge in [0, 0.05) is 11.6 Å². The predicted octanol–water partition coefficient (Wildman–Crippen LogP) is 0.966. The van der Waals surface area contributed by atoms with E-state index in [4.69, 9.17) is 10.8 Å². The number of benzene rings is 1. The van der Waals surface area contributed by atoms with Gasteiger partial charge in [0.15, 0.2) is 11.6 Å². The molecule has 0 saturated carbocycles. The first-order valence-electron chi connectivity index (χ1n) is 3.99. The van der Waals surface area contributed by atoms with Gasteiger partial charge in [-0.1, -0.05) is 0 Å². The molecule has 1 aromatic rings. The molecule has 0 spiro atoms. The lowest BCUT2D eigenvalue weighted by Crippen LogP contribution is -2.16. The summed E-state index contributed by atoms with van der Waals surface area (Å²) in [5, 5.41) is 8.68. The Morgan fingerprint density at radius 2 is 2.07 bits per heavy atom. The van der Waals surface area contributed by atoms with E-state index in [2.05, 4.69) is 4.74 Å². The molecular weight excluding hydrogens is 192 g/mol. The quantitative estimate of drug-likeness (QED) is 0.769. The van der Waals surface area contributed by atoms with Crippen molar-refractivity contribution < 1.29 is 18.6 Å². The second kappa shape index (κ2) is 4.34. The van der Waals surface area contributed by atoms with Crippen molar-refractivity contribution in [2.75, 3.05) is 13.7 Å². The van der Waals surface area contributed by atoms with Crippen LogP contribution in [0.1, 0.15) is 11.6 Å². The van der Waals surface area contributed by atoms with Crippen LogP contribution in [0, 0.1) is 11.6 Å². The fraction of sp³-hybridized carbons (Fsp3) is 0.333. The van der Waals surface area contributed by atoms with Crippen LogP contribution < -0.4 is 10.5 Å². The molecule has 0 aliphatic heterocycles. The molecule has 0 radical (unpaired) electrons. The Morgan fingerprint density at radius 1 is 1.43 bits per heavy atom. The molecule has 0 amide bonds. The zero-order valence-electron chi connectivity index (χ0n) is 7.63. The SMILES string of the molecule is COc1cc(F)c([C@@H](N)CO)cc1F. The van der Waals surface area contributed by atoms with Crippen LogP contribution in [0.25, 0.3) is 0 Å². The van der Waals surface area contributed by atoms with Crippen molar-refractivity contribution in [3.63, 3.8) is 0 Å². The summed E-state index contributed by atoms with van der Waals surface area (Å²) in [6.45, 7) is -0.442. The summed E-state index contributed by atoms with van der Waals surface area (Å²) >= 11 is 0. The van der Waals surface area contributed by atoms with Crippen LogP contribution in [0.3, 0.4) is 0 Å². The smallest absolute Gasteiger partial charge is 0.165 e. The van der Waals surface area contributed by atoms with Gasteiger partial charge in [0.05, 0.1) is 19.8 Å². The fourth-order valence-electron chi connectivity index (χ4n) is 1.08. The van der Waals surface area contributed by atoms with Crippen molar-refractivity contribution in [3.8, 4) is 5.75 Å². The van der Waals surface area contributed by atoms with E-state index in [1.165, 1.54) is 7.11 Å². The second-order valence-corrected chi connectivity index (χ2v) is 2.80. The molecule has 1 rings (SSSR count). The highest BCUT2D eigenvalue weighted by atomic mass is 19.1. The molecule has 0 heterocycles.